The first-order valence-electron chi connectivity index (χ1n) is 7.07. The van der Waals surface area contributed by atoms with Crippen molar-refractivity contribution in [3.8, 4) is 0 Å². The van der Waals surface area contributed by atoms with Gasteiger partial charge in [-0.15, -0.1) is 0 Å². The lowest BCUT2D eigenvalue weighted by molar-refractivity contribution is -0.136. The highest BCUT2D eigenvalue weighted by Gasteiger charge is 2.38. The number of carbonyl (C=O) groups is 1. The number of rotatable bonds is 5. The second kappa shape index (κ2) is 6.98. The van der Waals surface area contributed by atoms with Crippen molar-refractivity contribution in [2.24, 2.45) is 11.1 Å². The molecule has 4 N–H and O–H groups in total. The van der Waals surface area contributed by atoms with Gasteiger partial charge in [-0.1, -0.05) is 12.1 Å². The first-order chi connectivity index (χ1) is 10.1. The van der Waals surface area contributed by atoms with Crippen LogP contribution in [0.4, 0.5) is 4.39 Å². The van der Waals surface area contributed by atoms with Gasteiger partial charge in [-0.05, 0) is 30.5 Å². The molecule has 1 aromatic carbocycles. The van der Waals surface area contributed by atoms with Gasteiger partial charge < -0.3 is 20.9 Å². The summed E-state index contributed by atoms with van der Waals surface area (Å²) in [6.07, 6.45) is 0.299. The Kier molecular flexibility index (Phi) is 5.27. The number of hydrogen-bond donors (Lipinski definition) is 3. The highest BCUT2D eigenvalue weighted by molar-refractivity contribution is 5.83. The molecule has 5 nitrogen and oxygen atoms in total. The summed E-state index contributed by atoms with van der Waals surface area (Å²) in [5.74, 6) is -0.520. The minimum atomic E-state index is -0.871. The van der Waals surface area contributed by atoms with Gasteiger partial charge in [-0.2, -0.15) is 0 Å². The van der Waals surface area contributed by atoms with E-state index in [0.717, 1.165) is 0 Å². The van der Waals surface area contributed by atoms with Crippen LogP contribution in [0.3, 0.4) is 0 Å². The number of aliphatic hydroxyl groups is 1. The van der Waals surface area contributed by atoms with Gasteiger partial charge in [0.15, 0.2) is 0 Å². The standard InChI is InChI=1S/C15H21FN2O3/c16-12-3-1-11(2-4-12)13(19)9-18-14(20)15(10-17)5-7-21-8-6-15/h1-4,13,19H,5-10,17H2,(H,18,20). The lowest BCUT2D eigenvalue weighted by atomic mass is 9.79. The molecule has 2 rings (SSSR count). The monoisotopic (exact) mass is 296 g/mol. The normalized spacial score (nSPS) is 19.0. The topological polar surface area (TPSA) is 84.6 Å². The van der Waals surface area contributed by atoms with Crippen molar-refractivity contribution in [1.82, 2.24) is 5.32 Å². The zero-order valence-corrected chi connectivity index (χ0v) is 11.8. The lowest BCUT2D eigenvalue weighted by Crippen LogP contribution is -2.49. The maximum Gasteiger partial charge on any atom is 0.227 e. The maximum absolute atomic E-state index is 12.8. The van der Waals surface area contributed by atoms with Gasteiger partial charge in [-0.25, -0.2) is 4.39 Å². The van der Waals surface area contributed by atoms with Crippen molar-refractivity contribution in [3.05, 3.63) is 35.6 Å². The molecule has 21 heavy (non-hydrogen) atoms. The van der Waals surface area contributed by atoms with E-state index in [9.17, 15) is 14.3 Å². The molecule has 0 saturated carbocycles. The zero-order valence-electron chi connectivity index (χ0n) is 11.8. The van der Waals surface area contributed by atoms with E-state index in [4.69, 9.17) is 10.5 Å². The van der Waals surface area contributed by atoms with E-state index >= 15 is 0 Å². The van der Waals surface area contributed by atoms with Crippen molar-refractivity contribution in [1.29, 1.82) is 0 Å². The molecular weight excluding hydrogens is 275 g/mol. The summed E-state index contributed by atoms with van der Waals surface area (Å²) in [5, 5.41) is 12.8. The minimum absolute atomic E-state index is 0.0765. The molecule has 116 valence electrons. The Labute approximate surface area is 123 Å². The fourth-order valence-electron chi connectivity index (χ4n) is 2.47. The van der Waals surface area contributed by atoms with Crippen molar-refractivity contribution in [2.45, 2.75) is 18.9 Å². The molecule has 0 spiro atoms. The van der Waals surface area contributed by atoms with Crippen LogP contribution in [-0.4, -0.2) is 37.3 Å². The Balaban J connectivity index is 1.92. The van der Waals surface area contributed by atoms with Crippen LogP contribution in [-0.2, 0) is 9.53 Å². The molecule has 6 heteroatoms. The van der Waals surface area contributed by atoms with Gasteiger partial charge in [0.2, 0.25) is 5.91 Å². The average Bonchev–Trinajstić information content (AvgIpc) is 2.53. The van der Waals surface area contributed by atoms with Gasteiger partial charge in [0.05, 0.1) is 11.5 Å². The number of amides is 1. The van der Waals surface area contributed by atoms with Crippen molar-refractivity contribution >= 4 is 5.91 Å². The third kappa shape index (κ3) is 3.78. The van der Waals surface area contributed by atoms with Gasteiger partial charge in [-0.3, -0.25) is 4.79 Å². The summed E-state index contributed by atoms with van der Waals surface area (Å²) < 4.78 is 18.1. The molecule has 1 saturated heterocycles. The highest BCUT2D eigenvalue weighted by Crippen LogP contribution is 2.29. The third-order valence-electron chi connectivity index (χ3n) is 4.03. The fourth-order valence-corrected chi connectivity index (χ4v) is 2.47. The predicted octanol–water partition coefficient (Wildman–Crippen LogP) is 0.731. The zero-order chi connectivity index (χ0) is 15.3. The summed E-state index contributed by atoms with van der Waals surface area (Å²) in [6, 6.07) is 5.55. The van der Waals surface area contributed by atoms with Gasteiger partial charge in [0.1, 0.15) is 5.82 Å². The predicted molar refractivity (Wildman–Crippen MR) is 75.9 cm³/mol. The number of nitrogens with one attached hydrogen (secondary N) is 1. The van der Waals surface area contributed by atoms with Crippen LogP contribution >= 0.6 is 0 Å². The molecule has 1 aromatic rings. The first-order valence-corrected chi connectivity index (χ1v) is 7.07. The van der Waals surface area contributed by atoms with E-state index in [1.807, 2.05) is 0 Å². The molecule has 1 aliphatic heterocycles. The number of nitrogens with two attached hydrogens (primary N) is 1. The quantitative estimate of drug-likeness (QED) is 0.748. The number of carbonyl (C=O) groups excluding carboxylic acids is 1. The molecule has 1 heterocycles. The Morgan fingerprint density at radius 1 is 1.38 bits per heavy atom. The van der Waals surface area contributed by atoms with Crippen LogP contribution in [0.5, 0.6) is 0 Å². The summed E-state index contributed by atoms with van der Waals surface area (Å²) >= 11 is 0. The highest BCUT2D eigenvalue weighted by atomic mass is 19.1. The molecule has 0 aromatic heterocycles. The van der Waals surface area contributed by atoms with Crippen LogP contribution in [0.15, 0.2) is 24.3 Å². The van der Waals surface area contributed by atoms with Crippen LogP contribution in [0.25, 0.3) is 0 Å². The summed E-state index contributed by atoms with van der Waals surface area (Å²) in [5.41, 5.74) is 5.70. The molecule has 1 atom stereocenters. The Bertz CT molecular complexity index is 472. The van der Waals surface area contributed by atoms with Gasteiger partial charge >= 0.3 is 0 Å². The molecule has 0 aliphatic carbocycles. The van der Waals surface area contributed by atoms with Crippen LogP contribution in [0, 0.1) is 11.2 Å². The number of hydrogen-bond acceptors (Lipinski definition) is 4. The van der Waals surface area contributed by atoms with E-state index in [0.29, 0.717) is 31.6 Å². The Morgan fingerprint density at radius 2 is 2.00 bits per heavy atom. The fraction of sp³-hybridized carbons (Fsp3) is 0.533. The Morgan fingerprint density at radius 3 is 2.57 bits per heavy atom. The van der Waals surface area contributed by atoms with Gasteiger partial charge in [0.25, 0.3) is 0 Å². The van der Waals surface area contributed by atoms with E-state index < -0.39 is 11.5 Å². The molecule has 0 radical (unpaired) electrons. The van der Waals surface area contributed by atoms with E-state index in [-0.39, 0.29) is 24.8 Å². The average molecular weight is 296 g/mol. The SMILES string of the molecule is NCC1(C(=O)NCC(O)c2ccc(F)cc2)CCOCC1. The number of aliphatic hydroxyl groups excluding tert-OH is 1. The first kappa shape index (κ1) is 15.9. The van der Waals surface area contributed by atoms with E-state index in [2.05, 4.69) is 5.32 Å². The van der Waals surface area contributed by atoms with Crippen molar-refractivity contribution in [3.63, 3.8) is 0 Å². The molecule has 0 bridgehead atoms. The number of halogens is 1. The molecule has 1 unspecified atom stereocenters. The summed E-state index contributed by atoms with van der Waals surface area (Å²) in [4.78, 5) is 12.3. The van der Waals surface area contributed by atoms with Crippen LogP contribution in [0.2, 0.25) is 0 Å². The lowest BCUT2D eigenvalue weighted by Gasteiger charge is -2.34. The number of benzene rings is 1. The second-order valence-electron chi connectivity index (χ2n) is 5.37. The van der Waals surface area contributed by atoms with Crippen molar-refractivity contribution in [2.75, 3.05) is 26.3 Å². The van der Waals surface area contributed by atoms with Crippen LogP contribution < -0.4 is 11.1 Å². The molecule has 1 fully saturated rings. The largest absolute Gasteiger partial charge is 0.387 e. The number of ether oxygens (including phenoxy) is 1. The summed E-state index contributed by atoms with van der Waals surface area (Å²) in [7, 11) is 0. The molecular formula is C15H21FN2O3. The summed E-state index contributed by atoms with van der Waals surface area (Å²) in [6.45, 7) is 1.37. The van der Waals surface area contributed by atoms with E-state index in [1.54, 1.807) is 0 Å². The van der Waals surface area contributed by atoms with Gasteiger partial charge in [0, 0.05) is 26.3 Å². The maximum atomic E-state index is 12.8. The second-order valence-corrected chi connectivity index (χ2v) is 5.37. The minimum Gasteiger partial charge on any atom is -0.387 e. The smallest absolute Gasteiger partial charge is 0.227 e. The molecule has 1 amide bonds. The molecule has 1 aliphatic rings. The third-order valence-corrected chi connectivity index (χ3v) is 4.03. The van der Waals surface area contributed by atoms with Crippen LogP contribution in [0.1, 0.15) is 24.5 Å². The van der Waals surface area contributed by atoms with Crippen molar-refractivity contribution < 1.29 is 19.0 Å². The Hall–Kier alpha value is -1.50. The van der Waals surface area contributed by atoms with E-state index in [1.165, 1.54) is 24.3 Å².